The molecule has 27 heavy (non-hydrogen) atoms. The second kappa shape index (κ2) is 7.86. The molecule has 0 radical (unpaired) electrons. The van der Waals surface area contributed by atoms with Gasteiger partial charge in [0.05, 0.1) is 17.2 Å². The third-order valence-electron chi connectivity index (χ3n) is 4.32. The van der Waals surface area contributed by atoms with E-state index in [0.717, 1.165) is 27.2 Å². The van der Waals surface area contributed by atoms with Crippen molar-refractivity contribution in [2.75, 3.05) is 11.5 Å². The summed E-state index contributed by atoms with van der Waals surface area (Å²) in [7, 11) is -2.96. The molecule has 6 nitrogen and oxygen atoms in total. The number of allylic oxidation sites excluding steroid dienone is 1. The van der Waals surface area contributed by atoms with E-state index in [0.29, 0.717) is 18.7 Å². The van der Waals surface area contributed by atoms with Crippen molar-refractivity contribution in [3.05, 3.63) is 46.4 Å². The maximum Gasteiger partial charge on any atom is 0.191 e. The second-order valence-corrected chi connectivity index (χ2v) is 11.1. The fraction of sp³-hybridized carbons (Fsp3) is 0.353. The van der Waals surface area contributed by atoms with Crippen LogP contribution >= 0.6 is 34.4 Å². The minimum Gasteiger partial charge on any atom is -0.302 e. The van der Waals surface area contributed by atoms with Gasteiger partial charge in [0.15, 0.2) is 15.0 Å². The number of hydrogen-bond acceptors (Lipinski definition) is 8. The topological polar surface area (TPSA) is 77.7 Å². The van der Waals surface area contributed by atoms with E-state index >= 15 is 0 Å². The molecule has 142 valence electrons. The summed E-state index contributed by atoms with van der Waals surface area (Å²) in [6, 6.07) is 2.07. The molecule has 0 unspecified atom stereocenters. The van der Waals surface area contributed by atoms with Gasteiger partial charge >= 0.3 is 0 Å². The normalized spacial score (nSPS) is 18.7. The third kappa shape index (κ3) is 4.18. The van der Waals surface area contributed by atoms with Gasteiger partial charge < -0.3 is 4.57 Å². The molecule has 1 atom stereocenters. The van der Waals surface area contributed by atoms with Crippen LogP contribution in [0.1, 0.15) is 23.9 Å². The molecule has 1 aliphatic heterocycles. The van der Waals surface area contributed by atoms with Gasteiger partial charge in [-0.25, -0.2) is 13.4 Å². The standard InChI is InChI=1S/C17H18N4O2S4/c1-2-5-21-15(13-4-7-27(22,23)11-13)19-20-17(21)26-10-14-9-25-16(18-14)12-3-6-24-8-12/h2-3,6,8-9,13H,1,4-5,7,10-11H2/t13-/m1/s1. The van der Waals surface area contributed by atoms with E-state index < -0.39 is 9.84 Å². The minimum atomic E-state index is -2.96. The first kappa shape index (κ1) is 18.9. The highest BCUT2D eigenvalue weighted by Gasteiger charge is 2.33. The van der Waals surface area contributed by atoms with Gasteiger partial charge in [0.25, 0.3) is 0 Å². The number of aromatic nitrogens is 4. The van der Waals surface area contributed by atoms with Crippen LogP contribution in [0.2, 0.25) is 0 Å². The lowest BCUT2D eigenvalue weighted by atomic mass is 10.1. The molecule has 3 aromatic heterocycles. The van der Waals surface area contributed by atoms with Crippen LogP contribution in [0.3, 0.4) is 0 Å². The van der Waals surface area contributed by atoms with E-state index in [2.05, 4.69) is 33.6 Å². The van der Waals surface area contributed by atoms with E-state index in [1.54, 1.807) is 40.5 Å². The number of nitrogens with zero attached hydrogens (tertiary/aromatic N) is 4. The summed E-state index contributed by atoms with van der Waals surface area (Å²) < 4.78 is 25.6. The highest BCUT2D eigenvalue weighted by atomic mass is 32.2. The molecule has 1 fully saturated rings. The van der Waals surface area contributed by atoms with Crippen molar-refractivity contribution < 1.29 is 8.42 Å². The summed E-state index contributed by atoms with van der Waals surface area (Å²) in [6.07, 6.45) is 2.40. The molecule has 1 saturated heterocycles. The number of thioether (sulfide) groups is 1. The Labute approximate surface area is 170 Å². The Morgan fingerprint density at radius 2 is 2.26 bits per heavy atom. The van der Waals surface area contributed by atoms with Gasteiger partial charge in [-0.3, -0.25) is 0 Å². The lowest BCUT2D eigenvalue weighted by Crippen LogP contribution is -2.11. The fourth-order valence-electron chi connectivity index (χ4n) is 3.04. The van der Waals surface area contributed by atoms with Crippen molar-refractivity contribution in [3.63, 3.8) is 0 Å². The van der Waals surface area contributed by atoms with Gasteiger partial charge in [0.1, 0.15) is 10.8 Å². The number of rotatable bonds is 7. The van der Waals surface area contributed by atoms with Gasteiger partial charge in [-0.2, -0.15) is 11.3 Å². The Morgan fingerprint density at radius 1 is 1.37 bits per heavy atom. The maximum absolute atomic E-state index is 11.8. The first-order valence-electron chi connectivity index (χ1n) is 8.40. The molecule has 4 rings (SSSR count). The van der Waals surface area contributed by atoms with E-state index in [1.165, 1.54) is 0 Å². The quantitative estimate of drug-likeness (QED) is 0.412. The zero-order chi connectivity index (χ0) is 18.9. The van der Waals surface area contributed by atoms with Gasteiger partial charge in [-0.15, -0.1) is 28.1 Å². The maximum atomic E-state index is 11.8. The molecule has 4 heterocycles. The zero-order valence-corrected chi connectivity index (χ0v) is 17.7. The first-order chi connectivity index (χ1) is 13.1. The first-order valence-corrected chi connectivity index (χ1v) is 13.0. The van der Waals surface area contributed by atoms with Gasteiger partial charge in [0.2, 0.25) is 0 Å². The number of thiazole rings is 1. The van der Waals surface area contributed by atoms with Gasteiger partial charge in [-0.1, -0.05) is 17.8 Å². The van der Waals surface area contributed by atoms with Crippen molar-refractivity contribution in [1.82, 2.24) is 19.7 Å². The van der Waals surface area contributed by atoms with Crippen LogP contribution in [-0.2, 0) is 22.1 Å². The minimum absolute atomic E-state index is 0.0822. The molecule has 0 saturated carbocycles. The SMILES string of the molecule is C=CCn1c(SCc2csc(-c3ccsc3)n2)nnc1[C@@H]1CCS(=O)(=O)C1. The van der Waals surface area contributed by atoms with Crippen LogP contribution < -0.4 is 0 Å². The summed E-state index contributed by atoms with van der Waals surface area (Å²) in [5.41, 5.74) is 2.16. The number of sulfone groups is 1. The molecule has 3 aromatic rings. The van der Waals surface area contributed by atoms with E-state index in [-0.39, 0.29) is 17.4 Å². The lowest BCUT2D eigenvalue weighted by molar-refractivity contribution is 0.597. The summed E-state index contributed by atoms with van der Waals surface area (Å²) in [4.78, 5) is 4.69. The lowest BCUT2D eigenvalue weighted by Gasteiger charge is -2.10. The van der Waals surface area contributed by atoms with Crippen LogP contribution in [0, 0.1) is 0 Å². The molecule has 0 amide bonds. The van der Waals surface area contributed by atoms with Gasteiger partial charge in [-0.05, 0) is 17.9 Å². The summed E-state index contributed by atoms with van der Waals surface area (Å²) >= 11 is 4.87. The summed E-state index contributed by atoms with van der Waals surface area (Å²) in [5.74, 6) is 1.74. The molecule has 0 spiro atoms. The molecule has 0 N–H and O–H groups in total. The monoisotopic (exact) mass is 438 g/mol. The van der Waals surface area contributed by atoms with Crippen molar-refractivity contribution in [3.8, 4) is 10.6 Å². The molecule has 0 bridgehead atoms. The number of thiophene rings is 1. The van der Waals surface area contributed by atoms with Gasteiger partial charge in [0, 0.05) is 34.5 Å². The van der Waals surface area contributed by atoms with E-state index in [4.69, 9.17) is 4.98 Å². The molecule has 0 aromatic carbocycles. The van der Waals surface area contributed by atoms with Crippen LogP contribution in [0.15, 0.2) is 40.0 Å². The van der Waals surface area contributed by atoms with Crippen LogP contribution in [0.25, 0.3) is 10.6 Å². The Hall–Kier alpha value is -1.49. The smallest absolute Gasteiger partial charge is 0.191 e. The summed E-state index contributed by atoms with van der Waals surface area (Å²) in [5, 5.41) is 16.6. The molecule has 0 aliphatic carbocycles. The fourth-order valence-corrected chi connectivity index (χ4v) is 7.26. The highest BCUT2D eigenvalue weighted by molar-refractivity contribution is 7.98. The molecular weight excluding hydrogens is 420 g/mol. The van der Waals surface area contributed by atoms with Crippen LogP contribution in [0.4, 0.5) is 0 Å². The Balaban J connectivity index is 1.50. The second-order valence-electron chi connectivity index (χ2n) is 6.28. The summed E-state index contributed by atoms with van der Waals surface area (Å²) in [6.45, 7) is 4.38. The predicted molar refractivity (Wildman–Crippen MR) is 111 cm³/mol. The van der Waals surface area contributed by atoms with Crippen molar-refractivity contribution >= 4 is 44.3 Å². The highest BCUT2D eigenvalue weighted by Crippen LogP contribution is 2.32. The molecule has 10 heteroatoms. The van der Waals surface area contributed by atoms with Crippen molar-refractivity contribution in [2.24, 2.45) is 0 Å². The van der Waals surface area contributed by atoms with E-state index in [1.807, 2.05) is 9.95 Å². The number of hydrogen-bond donors (Lipinski definition) is 0. The molecule has 1 aliphatic rings. The Morgan fingerprint density at radius 3 is 2.96 bits per heavy atom. The Kier molecular flexibility index (Phi) is 5.49. The average Bonchev–Trinajstić information content (AvgIpc) is 3.40. The predicted octanol–water partition coefficient (Wildman–Crippen LogP) is 3.84. The largest absolute Gasteiger partial charge is 0.302 e. The third-order valence-corrected chi connectivity index (χ3v) is 8.72. The molecular formula is C17H18N4O2S4. The van der Waals surface area contributed by atoms with Crippen molar-refractivity contribution in [1.29, 1.82) is 0 Å². The Bertz CT molecular complexity index is 1040. The van der Waals surface area contributed by atoms with E-state index in [9.17, 15) is 8.42 Å². The average molecular weight is 439 g/mol. The van der Waals surface area contributed by atoms with Crippen LogP contribution in [-0.4, -0.2) is 39.7 Å². The van der Waals surface area contributed by atoms with Crippen molar-refractivity contribution in [2.45, 2.75) is 29.8 Å². The van der Waals surface area contributed by atoms with Crippen LogP contribution in [0.5, 0.6) is 0 Å². The zero-order valence-electron chi connectivity index (χ0n) is 14.4.